The van der Waals surface area contributed by atoms with Crippen LogP contribution in [0.2, 0.25) is 0 Å². The van der Waals surface area contributed by atoms with Crippen LogP contribution in [0.15, 0.2) is 41.0 Å². The molecular formula is C28H41N5O4. The molecule has 3 heterocycles. The van der Waals surface area contributed by atoms with E-state index in [2.05, 4.69) is 14.8 Å². The smallest absolute Gasteiger partial charge is 0.275 e. The molecule has 0 spiro atoms. The van der Waals surface area contributed by atoms with Crippen molar-refractivity contribution < 1.29 is 19.1 Å². The van der Waals surface area contributed by atoms with Gasteiger partial charge >= 0.3 is 0 Å². The maximum Gasteiger partial charge on any atom is 0.275 e. The first-order chi connectivity index (χ1) is 18.0. The number of likely N-dealkylation sites (tertiary alicyclic amines) is 1. The van der Waals surface area contributed by atoms with E-state index in [1.165, 1.54) is 6.26 Å². The number of piperazine rings is 1. The summed E-state index contributed by atoms with van der Waals surface area (Å²) < 4.78 is 5.66. The first-order valence-corrected chi connectivity index (χ1v) is 13.7. The van der Waals surface area contributed by atoms with Crippen molar-refractivity contribution >= 4 is 11.8 Å². The third-order valence-corrected chi connectivity index (χ3v) is 7.51. The maximum atomic E-state index is 13.1. The van der Waals surface area contributed by atoms with Gasteiger partial charge < -0.3 is 19.3 Å². The Morgan fingerprint density at radius 3 is 2.49 bits per heavy atom. The van der Waals surface area contributed by atoms with E-state index in [0.29, 0.717) is 57.3 Å². The lowest BCUT2D eigenvalue weighted by Gasteiger charge is -2.35. The zero-order valence-electron chi connectivity index (χ0n) is 22.2. The molecule has 37 heavy (non-hydrogen) atoms. The van der Waals surface area contributed by atoms with Crippen molar-refractivity contribution in [2.75, 3.05) is 58.9 Å². The third kappa shape index (κ3) is 7.40. The summed E-state index contributed by atoms with van der Waals surface area (Å²) in [6.45, 7) is 11.1. The average molecular weight is 512 g/mol. The molecule has 0 saturated carbocycles. The number of hydrogen-bond donors (Lipinski definition) is 1. The van der Waals surface area contributed by atoms with Crippen molar-refractivity contribution in [2.45, 2.75) is 45.8 Å². The van der Waals surface area contributed by atoms with Gasteiger partial charge in [-0.25, -0.2) is 4.98 Å². The molecular weight excluding hydrogens is 470 g/mol. The number of oxazole rings is 1. The number of benzene rings is 1. The molecule has 0 radical (unpaired) electrons. The van der Waals surface area contributed by atoms with Gasteiger partial charge in [0.25, 0.3) is 5.91 Å². The minimum Gasteiger partial charge on any atom is -0.447 e. The summed E-state index contributed by atoms with van der Waals surface area (Å²) in [4.78, 5) is 38.5. The Bertz CT molecular complexity index is 1000. The fourth-order valence-corrected chi connectivity index (χ4v) is 5.37. The van der Waals surface area contributed by atoms with Crippen LogP contribution in [-0.4, -0.2) is 107 Å². The molecule has 2 aromatic rings. The Morgan fingerprint density at radius 2 is 1.78 bits per heavy atom. The Balaban J connectivity index is 1.22. The quantitative estimate of drug-likeness (QED) is 0.522. The number of aliphatic hydroxyl groups is 1. The van der Waals surface area contributed by atoms with E-state index >= 15 is 0 Å². The Hall–Kier alpha value is -2.75. The van der Waals surface area contributed by atoms with E-state index in [-0.39, 0.29) is 23.8 Å². The van der Waals surface area contributed by atoms with Crippen molar-refractivity contribution in [3.8, 4) is 0 Å². The van der Waals surface area contributed by atoms with Crippen LogP contribution in [0.5, 0.6) is 0 Å². The van der Waals surface area contributed by atoms with Gasteiger partial charge in [-0.2, -0.15) is 0 Å². The number of piperidine rings is 1. The molecule has 1 N–H and O–H groups in total. The second-order valence-corrected chi connectivity index (χ2v) is 10.1. The zero-order valence-corrected chi connectivity index (χ0v) is 22.2. The predicted octanol–water partition coefficient (Wildman–Crippen LogP) is 2.12. The summed E-state index contributed by atoms with van der Waals surface area (Å²) in [5, 5.41) is 10.5. The number of amides is 2. The fourth-order valence-electron chi connectivity index (χ4n) is 5.37. The zero-order chi connectivity index (χ0) is 26.2. The number of nitrogens with zero attached hydrogens (tertiary/aromatic N) is 5. The predicted molar refractivity (Wildman–Crippen MR) is 141 cm³/mol. The number of β-amino-alcohol motifs (C(OH)–C–C–N with tert-alkyl or cyclic N) is 1. The number of carbonyl (C=O) groups excluding carboxylic acids is 2. The molecule has 2 atom stereocenters. The van der Waals surface area contributed by atoms with Crippen LogP contribution < -0.4 is 0 Å². The first-order valence-electron chi connectivity index (χ1n) is 13.7. The second-order valence-electron chi connectivity index (χ2n) is 10.1. The molecule has 4 rings (SSSR count). The summed E-state index contributed by atoms with van der Waals surface area (Å²) in [5.74, 6) is 0.361. The highest BCUT2D eigenvalue weighted by Crippen LogP contribution is 2.21. The van der Waals surface area contributed by atoms with Gasteiger partial charge in [0, 0.05) is 58.9 Å². The van der Waals surface area contributed by atoms with Gasteiger partial charge in [0.1, 0.15) is 6.26 Å². The molecule has 0 aliphatic carbocycles. The highest BCUT2D eigenvalue weighted by atomic mass is 16.3. The van der Waals surface area contributed by atoms with E-state index in [9.17, 15) is 14.7 Å². The SMILES string of the molecule is CCN(CC)C(=O)C1CCCN(C(=O)c2coc(CN3CCN(CC(O)Cc4ccccc4)CC3)n2)C1. The van der Waals surface area contributed by atoms with Crippen molar-refractivity contribution in [3.05, 3.63) is 53.7 Å². The minimum atomic E-state index is -0.383. The Kier molecular flexibility index (Phi) is 9.71. The topological polar surface area (TPSA) is 93.4 Å². The molecule has 2 fully saturated rings. The van der Waals surface area contributed by atoms with Gasteiger partial charge in [-0.15, -0.1) is 0 Å². The van der Waals surface area contributed by atoms with Crippen LogP contribution in [0.4, 0.5) is 0 Å². The first kappa shape index (κ1) is 27.3. The van der Waals surface area contributed by atoms with E-state index in [1.54, 1.807) is 4.90 Å². The van der Waals surface area contributed by atoms with Crippen LogP contribution >= 0.6 is 0 Å². The highest BCUT2D eigenvalue weighted by molar-refractivity contribution is 5.92. The van der Waals surface area contributed by atoms with Crippen molar-refractivity contribution in [1.29, 1.82) is 0 Å². The van der Waals surface area contributed by atoms with Gasteiger partial charge in [-0.05, 0) is 38.7 Å². The molecule has 1 aromatic carbocycles. The van der Waals surface area contributed by atoms with Crippen LogP contribution in [0.3, 0.4) is 0 Å². The van der Waals surface area contributed by atoms with Crippen LogP contribution in [0.25, 0.3) is 0 Å². The van der Waals surface area contributed by atoms with E-state index in [4.69, 9.17) is 4.42 Å². The molecule has 2 aliphatic rings. The number of carbonyl (C=O) groups is 2. The average Bonchev–Trinajstić information content (AvgIpc) is 3.39. The lowest BCUT2D eigenvalue weighted by molar-refractivity contribution is -0.136. The van der Waals surface area contributed by atoms with Crippen molar-refractivity contribution in [3.63, 3.8) is 0 Å². The summed E-state index contributed by atoms with van der Waals surface area (Å²) in [7, 11) is 0. The summed E-state index contributed by atoms with van der Waals surface area (Å²) in [6, 6.07) is 10.1. The van der Waals surface area contributed by atoms with E-state index in [0.717, 1.165) is 44.6 Å². The molecule has 2 aliphatic heterocycles. The minimum absolute atomic E-state index is 0.134. The summed E-state index contributed by atoms with van der Waals surface area (Å²) in [6.07, 6.45) is 3.36. The lowest BCUT2D eigenvalue weighted by atomic mass is 9.96. The summed E-state index contributed by atoms with van der Waals surface area (Å²) >= 11 is 0. The molecule has 202 valence electrons. The van der Waals surface area contributed by atoms with Gasteiger partial charge in [0.05, 0.1) is 18.6 Å². The van der Waals surface area contributed by atoms with Crippen LogP contribution in [0, 0.1) is 5.92 Å². The molecule has 2 saturated heterocycles. The third-order valence-electron chi connectivity index (χ3n) is 7.51. The highest BCUT2D eigenvalue weighted by Gasteiger charge is 2.32. The van der Waals surface area contributed by atoms with Gasteiger partial charge in [0.15, 0.2) is 5.69 Å². The molecule has 9 heteroatoms. The second kappa shape index (κ2) is 13.2. The molecule has 1 aromatic heterocycles. The molecule has 2 amide bonds. The molecule has 2 unspecified atom stereocenters. The van der Waals surface area contributed by atoms with Crippen molar-refractivity contribution in [2.24, 2.45) is 5.92 Å². The Labute approximate surface area is 220 Å². The largest absolute Gasteiger partial charge is 0.447 e. The van der Waals surface area contributed by atoms with E-state index < -0.39 is 0 Å². The lowest BCUT2D eigenvalue weighted by Crippen LogP contribution is -2.48. The van der Waals surface area contributed by atoms with Gasteiger partial charge in [0.2, 0.25) is 11.8 Å². The standard InChI is InChI=1S/C28H41N5O4/c1-3-32(4-2)27(35)23-11-8-12-33(18-23)28(36)25-21-37-26(29-25)20-31-15-13-30(14-16-31)19-24(34)17-22-9-6-5-7-10-22/h5-7,9-10,21,23-24,34H,3-4,8,11-20H2,1-2H3. The summed E-state index contributed by atoms with van der Waals surface area (Å²) in [5.41, 5.74) is 1.46. The Morgan fingerprint density at radius 1 is 1.08 bits per heavy atom. The number of aliphatic hydroxyl groups excluding tert-OH is 1. The van der Waals surface area contributed by atoms with Crippen molar-refractivity contribution in [1.82, 2.24) is 24.6 Å². The van der Waals surface area contributed by atoms with Gasteiger partial charge in [-0.1, -0.05) is 30.3 Å². The molecule has 0 bridgehead atoms. The number of hydrogen-bond acceptors (Lipinski definition) is 7. The van der Waals surface area contributed by atoms with Gasteiger partial charge in [-0.3, -0.25) is 19.4 Å². The normalized spacial score (nSPS) is 20.1. The maximum absolute atomic E-state index is 13.1. The molecule has 9 nitrogen and oxygen atoms in total. The fraction of sp³-hybridized carbons (Fsp3) is 0.607. The van der Waals surface area contributed by atoms with E-state index in [1.807, 2.05) is 49.1 Å². The number of aromatic nitrogens is 1. The number of rotatable bonds is 10. The van der Waals surface area contributed by atoms with Crippen LogP contribution in [0.1, 0.15) is 48.6 Å². The van der Waals surface area contributed by atoms with Crippen LogP contribution in [-0.2, 0) is 17.8 Å². The monoisotopic (exact) mass is 511 g/mol.